The van der Waals surface area contributed by atoms with Gasteiger partial charge in [0, 0.05) is 18.6 Å². The Balaban J connectivity index is 1.92. The summed E-state index contributed by atoms with van der Waals surface area (Å²) in [5, 5.41) is 12.6. The average molecular weight is 254 g/mol. The van der Waals surface area contributed by atoms with Crippen LogP contribution in [0, 0.1) is 11.8 Å². The topological polar surface area (TPSA) is 52.6 Å². The van der Waals surface area contributed by atoms with E-state index in [1.165, 1.54) is 25.7 Å². The van der Waals surface area contributed by atoms with Gasteiger partial charge in [0.15, 0.2) is 0 Å². The van der Waals surface area contributed by atoms with Crippen LogP contribution < -0.4 is 5.32 Å². The van der Waals surface area contributed by atoms with E-state index in [4.69, 9.17) is 0 Å². The Morgan fingerprint density at radius 2 is 1.89 bits per heavy atom. The van der Waals surface area contributed by atoms with Crippen LogP contribution in [-0.2, 0) is 4.79 Å². The van der Waals surface area contributed by atoms with Gasteiger partial charge in [0.1, 0.15) is 0 Å². The summed E-state index contributed by atoms with van der Waals surface area (Å²) >= 11 is 0. The number of carbonyl (C=O) groups is 1. The third-order valence-electron chi connectivity index (χ3n) is 4.58. The summed E-state index contributed by atoms with van der Waals surface area (Å²) in [6.07, 6.45) is 4.97. The van der Waals surface area contributed by atoms with Crippen LogP contribution in [0.3, 0.4) is 0 Å². The molecule has 104 valence electrons. The van der Waals surface area contributed by atoms with Gasteiger partial charge in [-0.1, -0.05) is 6.92 Å². The summed E-state index contributed by atoms with van der Waals surface area (Å²) in [6.45, 7) is 7.24. The van der Waals surface area contributed by atoms with Gasteiger partial charge in [-0.3, -0.25) is 9.69 Å². The molecule has 1 aliphatic heterocycles. The van der Waals surface area contributed by atoms with Crippen LogP contribution in [0.5, 0.6) is 0 Å². The molecule has 0 aromatic heterocycles. The first kappa shape index (κ1) is 13.8. The zero-order chi connectivity index (χ0) is 13.1. The third kappa shape index (κ3) is 3.45. The van der Waals surface area contributed by atoms with E-state index >= 15 is 0 Å². The fourth-order valence-electron chi connectivity index (χ4n) is 2.91. The summed E-state index contributed by atoms with van der Waals surface area (Å²) in [4.78, 5) is 13.6. The third-order valence-corrected chi connectivity index (χ3v) is 4.58. The van der Waals surface area contributed by atoms with E-state index in [0.29, 0.717) is 6.04 Å². The molecule has 0 spiro atoms. The number of hydrogen-bond donors (Lipinski definition) is 2. The zero-order valence-electron chi connectivity index (χ0n) is 11.6. The molecule has 1 aliphatic carbocycles. The molecule has 0 aromatic rings. The highest BCUT2D eigenvalue weighted by Crippen LogP contribution is 2.32. The Labute approximate surface area is 110 Å². The predicted molar refractivity (Wildman–Crippen MR) is 71.6 cm³/mol. The molecule has 2 atom stereocenters. The number of hydrogen-bond acceptors (Lipinski definition) is 3. The first-order chi connectivity index (χ1) is 8.59. The van der Waals surface area contributed by atoms with Gasteiger partial charge in [-0.15, -0.1) is 0 Å². The normalized spacial score (nSPS) is 25.1. The van der Waals surface area contributed by atoms with E-state index in [1.54, 1.807) is 0 Å². The SMILES string of the molecule is CC(C(=O)O)C(C)N(CC1CCNCC1)C1CC1. The molecule has 1 saturated heterocycles. The number of aliphatic carboxylic acids is 1. The van der Waals surface area contributed by atoms with Crippen LogP contribution in [0.25, 0.3) is 0 Å². The van der Waals surface area contributed by atoms with Crippen molar-refractivity contribution in [2.45, 2.75) is 51.6 Å². The molecule has 18 heavy (non-hydrogen) atoms. The summed E-state index contributed by atoms with van der Waals surface area (Å²) in [6, 6.07) is 0.807. The van der Waals surface area contributed by atoms with Crippen LogP contribution in [0.15, 0.2) is 0 Å². The molecule has 0 aromatic carbocycles. The fourth-order valence-corrected chi connectivity index (χ4v) is 2.91. The van der Waals surface area contributed by atoms with Crippen molar-refractivity contribution in [1.29, 1.82) is 0 Å². The Hall–Kier alpha value is -0.610. The maximum Gasteiger partial charge on any atom is 0.307 e. The maximum atomic E-state index is 11.1. The lowest BCUT2D eigenvalue weighted by molar-refractivity contribution is -0.143. The summed E-state index contributed by atoms with van der Waals surface area (Å²) in [5.74, 6) is -0.193. The van der Waals surface area contributed by atoms with Crippen LogP contribution in [0.4, 0.5) is 0 Å². The molecular formula is C14H26N2O2. The number of carboxylic acid groups (broad SMARTS) is 1. The number of rotatable bonds is 6. The van der Waals surface area contributed by atoms with Crippen molar-refractivity contribution in [1.82, 2.24) is 10.2 Å². The minimum atomic E-state index is -0.668. The highest BCUT2D eigenvalue weighted by molar-refractivity contribution is 5.70. The van der Waals surface area contributed by atoms with Crippen molar-refractivity contribution in [3.05, 3.63) is 0 Å². The zero-order valence-corrected chi connectivity index (χ0v) is 11.6. The molecule has 0 bridgehead atoms. The molecule has 1 heterocycles. The van der Waals surface area contributed by atoms with Crippen LogP contribution in [0.1, 0.15) is 39.5 Å². The number of nitrogens with one attached hydrogen (secondary N) is 1. The van der Waals surface area contributed by atoms with Crippen LogP contribution in [-0.4, -0.2) is 47.7 Å². The van der Waals surface area contributed by atoms with Gasteiger partial charge in [-0.2, -0.15) is 0 Å². The molecule has 4 heteroatoms. The smallest absolute Gasteiger partial charge is 0.307 e. The van der Waals surface area contributed by atoms with E-state index in [9.17, 15) is 9.90 Å². The standard InChI is InChI=1S/C14H26N2O2/c1-10(14(17)18)11(2)16(13-3-4-13)9-12-5-7-15-8-6-12/h10-13,15H,3-9H2,1-2H3,(H,17,18). The Kier molecular flexibility index (Phi) is 4.62. The van der Waals surface area contributed by atoms with Gasteiger partial charge in [0.05, 0.1) is 5.92 Å². The Bertz CT molecular complexity index is 286. The molecule has 0 radical (unpaired) electrons. The summed E-state index contributed by atoms with van der Waals surface area (Å²) in [7, 11) is 0. The van der Waals surface area contributed by atoms with Gasteiger partial charge < -0.3 is 10.4 Å². The van der Waals surface area contributed by atoms with E-state index in [1.807, 2.05) is 6.92 Å². The molecule has 1 saturated carbocycles. The van der Waals surface area contributed by atoms with E-state index in [0.717, 1.165) is 25.6 Å². The van der Waals surface area contributed by atoms with Crippen molar-refractivity contribution in [2.24, 2.45) is 11.8 Å². The minimum Gasteiger partial charge on any atom is -0.481 e. The largest absolute Gasteiger partial charge is 0.481 e. The first-order valence-electron chi connectivity index (χ1n) is 7.29. The summed E-state index contributed by atoms with van der Waals surface area (Å²) < 4.78 is 0. The summed E-state index contributed by atoms with van der Waals surface area (Å²) in [5.41, 5.74) is 0. The quantitative estimate of drug-likeness (QED) is 0.755. The lowest BCUT2D eigenvalue weighted by Crippen LogP contribution is -2.45. The van der Waals surface area contributed by atoms with Crippen LogP contribution >= 0.6 is 0 Å². The second kappa shape index (κ2) is 6.02. The van der Waals surface area contributed by atoms with Gasteiger partial charge in [-0.25, -0.2) is 0 Å². The monoisotopic (exact) mass is 254 g/mol. The highest BCUT2D eigenvalue weighted by atomic mass is 16.4. The Morgan fingerprint density at radius 3 is 2.39 bits per heavy atom. The lowest BCUT2D eigenvalue weighted by Gasteiger charge is -2.36. The van der Waals surface area contributed by atoms with Crippen molar-refractivity contribution < 1.29 is 9.90 Å². The highest BCUT2D eigenvalue weighted by Gasteiger charge is 2.37. The number of nitrogens with zero attached hydrogens (tertiary/aromatic N) is 1. The fraction of sp³-hybridized carbons (Fsp3) is 0.929. The van der Waals surface area contributed by atoms with Gasteiger partial charge in [0.25, 0.3) is 0 Å². The minimum absolute atomic E-state index is 0.157. The molecular weight excluding hydrogens is 228 g/mol. The van der Waals surface area contributed by atoms with Crippen molar-refractivity contribution >= 4 is 5.97 Å². The van der Waals surface area contributed by atoms with E-state index in [-0.39, 0.29) is 12.0 Å². The number of carboxylic acids is 1. The van der Waals surface area contributed by atoms with Gasteiger partial charge >= 0.3 is 5.97 Å². The van der Waals surface area contributed by atoms with Gasteiger partial charge in [-0.05, 0) is 51.6 Å². The molecule has 0 amide bonds. The second-order valence-corrected chi connectivity index (χ2v) is 5.99. The van der Waals surface area contributed by atoms with Crippen molar-refractivity contribution in [3.8, 4) is 0 Å². The Morgan fingerprint density at radius 1 is 1.28 bits per heavy atom. The lowest BCUT2D eigenvalue weighted by atomic mass is 9.94. The molecule has 2 unspecified atom stereocenters. The van der Waals surface area contributed by atoms with Crippen molar-refractivity contribution in [2.75, 3.05) is 19.6 Å². The molecule has 4 nitrogen and oxygen atoms in total. The first-order valence-corrected chi connectivity index (χ1v) is 7.29. The molecule has 2 N–H and O–H groups in total. The van der Waals surface area contributed by atoms with E-state index in [2.05, 4.69) is 17.1 Å². The average Bonchev–Trinajstić information content (AvgIpc) is 3.19. The van der Waals surface area contributed by atoms with Crippen molar-refractivity contribution in [3.63, 3.8) is 0 Å². The maximum absolute atomic E-state index is 11.1. The molecule has 2 fully saturated rings. The predicted octanol–water partition coefficient (Wildman–Crippen LogP) is 1.56. The van der Waals surface area contributed by atoms with Gasteiger partial charge in [0.2, 0.25) is 0 Å². The van der Waals surface area contributed by atoms with E-state index < -0.39 is 5.97 Å². The molecule has 2 rings (SSSR count). The second-order valence-electron chi connectivity index (χ2n) is 5.99. The number of piperidine rings is 1. The van der Waals surface area contributed by atoms with Crippen LogP contribution in [0.2, 0.25) is 0 Å². The molecule has 2 aliphatic rings.